The number of pyridine rings is 1. The largest absolute Gasteiger partial charge is 0.452 e. The molecule has 0 bridgehead atoms. The number of ether oxygens (including phenoxy) is 1. The average Bonchev–Trinajstić information content (AvgIpc) is 2.75. The summed E-state index contributed by atoms with van der Waals surface area (Å²) in [6.07, 6.45) is 1.60. The van der Waals surface area contributed by atoms with E-state index in [4.69, 9.17) is 10.00 Å². The number of amides is 1. The van der Waals surface area contributed by atoms with E-state index in [9.17, 15) is 9.59 Å². The van der Waals surface area contributed by atoms with Crippen molar-refractivity contribution in [3.05, 3.63) is 83.0 Å². The number of aryl methyl sites for hydroxylation is 2. The first kappa shape index (κ1) is 21.1. The van der Waals surface area contributed by atoms with Crippen molar-refractivity contribution in [1.29, 1.82) is 5.26 Å². The highest BCUT2D eigenvalue weighted by Gasteiger charge is 2.17. The van der Waals surface area contributed by atoms with E-state index in [0.717, 1.165) is 10.5 Å². The number of nitriles is 1. The lowest BCUT2D eigenvalue weighted by molar-refractivity contribution is -0.119. The van der Waals surface area contributed by atoms with Crippen LogP contribution in [-0.2, 0) is 9.53 Å². The molecule has 0 aliphatic rings. The van der Waals surface area contributed by atoms with E-state index < -0.39 is 18.5 Å². The molecular formula is C23H19N3O3S. The minimum atomic E-state index is -0.641. The molecular weight excluding hydrogens is 398 g/mol. The lowest BCUT2D eigenvalue weighted by atomic mass is 10.1. The Morgan fingerprint density at radius 3 is 2.67 bits per heavy atom. The van der Waals surface area contributed by atoms with Crippen molar-refractivity contribution in [2.45, 2.75) is 23.8 Å². The number of para-hydroxylation sites is 1. The molecule has 1 amide bonds. The number of hydrogen-bond acceptors (Lipinski definition) is 6. The summed E-state index contributed by atoms with van der Waals surface area (Å²) < 4.78 is 5.17. The Bertz CT molecular complexity index is 1140. The second-order valence-corrected chi connectivity index (χ2v) is 7.55. The molecule has 0 radical (unpaired) electrons. The minimum absolute atomic E-state index is 0.283. The Labute approximate surface area is 178 Å². The first-order valence-corrected chi connectivity index (χ1v) is 9.96. The molecule has 2 aromatic carbocycles. The fourth-order valence-electron chi connectivity index (χ4n) is 2.60. The summed E-state index contributed by atoms with van der Waals surface area (Å²) in [5.41, 5.74) is 3.31. The second-order valence-electron chi connectivity index (χ2n) is 6.49. The molecule has 0 aliphatic heterocycles. The first-order valence-electron chi connectivity index (χ1n) is 9.14. The van der Waals surface area contributed by atoms with Crippen LogP contribution in [0.1, 0.15) is 27.0 Å². The fraction of sp³-hybridized carbons (Fsp3) is 0.130. The molecule has 1 aromatic heterocycles. The monoisotopic (exact) mass is 417 g/mol. The molecule has 0 unspecified atom stereocenters. The van der Waals surface area contributed by atoms with E-state index in [-0.39, 0.29) is 5.56 Å². The Morgan fingerprint density at radius 1 is 1.10 bits per heavy atom. The number of carbonyl (C=O) groups is 2. The van der Waals surface area contributed by atoms with Gasteiger partial charge in [-0.3, -0.25) is 4.79 Å². The van der Waals surface area contributed by atoms with Gasteiger partial charge in [-0.05, 0) is 61.4 Å². The molecule has 150 valence electrons. The Balaban J connectivity index is 1.66. The van der Waals surface area contributed by atoms with E-state index >= 15 is 0 Å². The van der Waals surface area contributed by atoms with Gasteiger partial charge in [0.2, 0.25) is 0 Å². The van der Waals surface area contributed by atoms with E-state index in [1.165, 1.54) is 17.3 Å². The predicted molar refractivity (Wildman–Crippen MR) is 114 cm³/mol. The molecule has 30 heavy (non-hydrogen) atoms. The molecule has 0 spiro atoms. The highest BCUT2D eigenvalue weighted by atomic mass is 32.2. The lowest BCUT2D eigenvalue weighted by Crippen LogP contribution is -2.21. The van der Waals surface area contributed by atoms with Gasteiger partial charge in [0, 0.05) is 11.1 Å². The van der Waals surface area contributed by atoms with Crippen molar-refractivity contribution in [2.75, 3.05) is 11.9 Å². The third-order valence-electron chi connectivity index (χ3n) is 4.34. The molecule has 3 rings (SSSR count). The molecule has 0 fully saturated rings. The normalized spacial score (nSPS) is 10.2. The molecule has 0 aliphatic carbocycles. The van der Waals surface area contributed by atoms with Crippen LogP contribution in [0.25, 0.3) is 0 Å². The Morgan fingerprint density at radius 2 is 1.90 bits per heavy atom. The van der Waals surface area contributed by atoms with Crippen molar-refractivity contribution >= 4 is 29.3 Å². The lowest BCUT2D eigenvalue weighted by Gasteiger charge is -2.10. The number of hydrogen-bond donors (Lipinski definition) is 1. The maximum Gasteiger partial charge on any atom is 0.341 e. The van der Waals surface area contributed by atoms with E-state index in [2.05, 4.69) is 10.3 Å². The highest BCUT2D eigenvalue weighted by Crippen LogP contribution is 2.30. The quantitative estimate of drug-likeness (QED) is 0.593. The maximum atomic E-state index is 12.5. The number of rotatable bonds is 6. The van der Waals surface area contributed by atoms with Gasteiger partial charge in [0.1, 0.15) is 11.1 Å². The van der Waals surface area contributed by atoms with Crippen LogP contribution in [0.2, 0.25) is 0 Å². The van der Waals surface area contributed by atoms with Crippen LogP contribution >= 0.6 is 11.8 Å². The number of aromatic nitrogens is 1. The number of nitrogens with zero attached hydrogens (tertiary/aromatic N) is 2. The van der Waals surface area contributed by atoms with Crippen LogP contribution in [0.4, 0.5) is 5.69 Å². The van der Waals surface area contributed by atoms with Gasteiger partial charge in [0.15, 0.2) is 6.61 Å². The second kappa shape index (κ2) is 9.72. The van der Waals surface area contributed by atoms with Gasteiger partial charge in [0.05, 0.1) is 16.8 Å². The zero-order valence-corrected chi connectivity index (χ0v) is 17.3. The average molecular weight is 417 g/mol. The third kappa shape index (κ3) is 5.25. The van der Waals surface area contributed by atoms with Crippen LogP contribution in [0.15, 0.2) is 70.7 Å². The van der Waals surface area contributed by atoms with E-state index in [0.29, 0.717) is 16.3 Å². The van der Waals surface area contributed by atoms with Crippen LogP contribution in [0.3, 0.4) is 0 Å². The Hall–Kier alpha value is -3.63. The van der Waals surface area contributed by atoms with Crippen LogP contribution in [-0.4, -0.2) is 23.5 Å². The molecule has 6 nitrogen and oxygen atoms in total. The van der Waals surface area contributed by atoms with Gasteiger partial charge in [0.25, 0.3) is 5.91 Å². The molecule has 1 heterocycles. The molecule has 1 N–H and O–H groups in total. The summed E-state index contributed by atoms with van der Waals surface area (Å²) in [6.45, 7) is 3.59. The maximum absolute atomic E-state index is 12.5. The minimum Gasteiger partial charge on any atom is -0.452 e. The number of esters is 1. The van der Waals surface area contributed by atoms with Crippen molar-refractivity contribution in [2.24, 2.45) is 0 Å². The zero-order valence-electron chi connectivity index (χ0n) is 16.5. The number of anilines is 1. The smallest absolute Gasteiger partial charge is 0.341 e. The van der Waals surface area contributed by atoms with Gasteiger partial charge in [-0.1, -0.05) is 30.0 Å². The summed E-state index contributed by atoms with van der Waals surface area (Å²) in [5, 5.41) is 12.2. The fourth-order valence-corrected chi connectivity index (χ4v) is 3.57. The zero-order chi connectivity index (χ0) is 21.5. The van der Waals surface area contributed by atoms with Gasteiger partial charge >= 0.3 is 5.97 Å². The highest BCUT2D eigenvalue weighted by molar-refractivity contribution is 7.99. The van der Waals surface area contributed by atoms with Gasteiger partial charge in [-0.25, -0.2) is 9.78 Å². The molecule has 3 aromatic rings. The van der Waals surface area contributed by atoms with E-state index in [1.807, 2.05) is 38.1 Å². The molecule has 0 saturated heterocycles. The summed E-state index contributed by atoms with van der Waals surface area (Å²) in [4.78, 5) is 29.9. The van der Waals surface area contributed by atoms with Gasteiger partial charge in [-0.2, -0.15) is 5.26 Å². The standard InChI is InChI=1S/C23H19N3O3S/c1-15-9-10-18(12-16(15)2)30-22-19(7-5-11-25-22)23(28)29-14-21(27)26-20-8-4-3-6-17(20)13-24/h3-12H,14H2,1-2H3,(H,26,27). The van der Waals surface area contributed by atoms with Gasteiger partial charge in [-0.15, -0.1) is 0 Å². The SMILES string of the molecule is Cc1ccc(Sc2ncccc2C(=O)OCC(=O)Nc2ccccc2C#N)cc1C. The number of carbonyl (C=O) groups excluding carboxylic acids is 2. The molecule has 0 atom stereocenters. The summed E-state index contributed by atoms with van der Waals surface area (Å²) in [5.74, 6) is -1.17. The number of nitrogens with one attached hydrogen (secondary N) is 1. The van der Waals surface area contributed by atoms with Crippen molar-refractivity contribution < 1.29 is 14.3 Å². The number of benzene rings is 2. The van der Waals surface area contributed by atoms with Crippen molar-refractivity contribution in [3.63, 3.8) is 0 Å². The Kier molecular flexibility index (Phi) is 6.83. The molecule has 0 saturated carbocycles. The van der Waals surface area contributed by atoms with Crippen LogP contribution in [0, 0.1) is 25.2 Å². The summed E-state index contributed by atoms with van der Waals surface area (Å²) in [7, 11) is 0. The summed E-state index contributed by atoms with van der Waals surface area (Å²) >= 11 is 1.36. The van der Waals surface area contributed by atoms with Gasteiger partial charge < -0.3 is 10.1 Å². The topological polar surface area (TPSA) is 92.1 Å². The summed E-state index contributed by atoms with van der Waals surface area (Å²) in [6, 6.07) is 17.9. The molecule has 7 heteroatoms. The first-order chi connectivity index (χ1) is 14.5. The predicted octanol–water partition coefficient (Wildman–Crippen LogP) is 4.52. The van der Waals surface area contributed by atoms with Crippen LogP contribution in [0.5, 0.6) is 0 Å². The van der Waals surface area contributed by atoms with Crippen molar-refractivity contribution in [3.8, 4) is 6.07 Å². The van der Waals surface area contributed by atoms with Crippen LogP contribution < -0.4 is 5.32 Å². The van der Waals surface area contributed by atoms with E-state index in [1.54, 1.807) is 42.6 Å². The third-order valence-corrected chi connectivity index (χ3v) is 5.35. The van der Waals surface area contributed by atoms with Crippen molar-refractivity contribution in [1.82, 2.24) is 4.98 Å².